The fourth-order valence-electron chi connectivity index (χ4n) is 3.78. The van der Waals surface area contributed by atoms with Gasteiger partial charge in [-0.1, -0.05) is 6.07 Å². The SMILES string of the molecule is COc1ccc(CN2CCCC3(COCCN(C)C3)C2)cn1. The van der Waals surface area contributed by atoms with Crippen LogP contribution in [0.2, 0.25) is 0 Å². The zero-order chi connectivity index (χ0) is 15.4. The summed E-state index contributed by atoms with van der Waals surface area (Å²) in [4.78, 5) is 9.29. The van der Waals surface area contributed by atoms with Gasteiger partial charge < -0.3 is 14.4 Å². The lowest BCUT2D eigenvalue weighted by atomic mass is 9.80. The molecule has 5 heteroatoms. The van der Waals surface area contributed by atoms with Crippen molar-refractivity contribution >= 4 is 0 Å². The largest absolute Gasteiger partial charge is 0.481 e. The predicted octanol–water partition coefficient (Wildman–Crippen LogP) is 1.63. The number of hydrogen-bond donors (Lipinski definition) is 0. The van der Waals surface area contributed by atoms with Crippen molar-refractivity contribution < 1.29 is 9.47 Å². The molecular formula is C17H27N3O2. The topological polar surface area (TPSA) is 37.8 Å². The summed E-state index contributed by atoms with van der Waals surface area (Å²) >= 11 is 0. The van der Waals surface area contributed by atoms with Gasteiger partial charge in [-0.15, -0.1) is 0 Å². The molecule has 1 unspecified atom stereocenters. The first-order valence-corrected chi connectivity index (χ1v) is 8.17. The van der Waals surface area contributed by atoms with Crippen LogP contribution in [-0.2, 0) is 11.3 Å². The zero-order valence-electron chi connectivity index (χ0n) is 13.8. The van der Waals surface area contributed by atoms with Crippen LogP contribution < -0.4 is 4.74 Å². The lowest BCUT2D eigenvalue weighted by molar-refractivity contribution is 0.00446. The lowest BCUT2D eigenvalue weighted by Crippen LogP contribution is -2.49. The van der Waals surface area contributed by atoms with Gasteiger partial charge in [0.25, 0.3) is 0 Å². The van der Waals surface area contributed by atoms with Gasteiger partial charge in [-0.05, 0) is 32.0 Å². The van der Waals surface area contributed by atoms with E-state index >= 15 is 0 Å². The van der Waals surface area contributed by atoms with Gasteiger partial charge >= 0.3 is 0 Å². The van der Waals surface area contributed by atoms with E-state index in [1.54, 1.807) is 7.11 Å². The van der Waals surface area contributed by atoms with Crippen molar-refractivity contribution in [1.29, 1.82) is 0 Å². The number of likely N-dealkylation sites (tertiary alicyclic amines) is 1. The van der Waals surface area contributed by atoms with E-state index in [2.05, 4.69) is 27.9 Å². The molecule has 2 fully saturated rings. The highest BCUT2D eigenvalue weighted by Gasteiger charge is 2.37. The molecule has 1 aromatic rings. The summed E-state index contributed by atoms with van der Waals surface area (Å²) in [6.45, 7) is 7.19. The van der Waals surface area contributed by atoms with Crippen LogP contribution in [0.1, 0.15) is 18.4 Å². The van der Waals surface area contributed by atoms with E-state index in [9.17, 15) is 0 Å². The minimum Gasteiger partial charge on any atom is -0.481 e. The monoisotopic (exact) mass is 305 g/mol. The maximum atomic E-state index is 5.89. The third kappa shape index (κ3) is 3.77. The molecule has 0 aliphatic carbocycles. The Morgan fingerprint density at radius 2 is 2.23 bits per heavy atom. The Bertz CT molecular complexity index is 479. The molecule has 3 heterocycles. The van der Waals surface area contributed by atoms with Crippen LogP contribution >= 0.6 is 0 Å². The fraction of sp³-hybridized carbons (Fsp3) is 0.706. The quantitative estimate of drug-likeness (QED) is 0.848. The van der Waals surface area contributed by atoms with Crippen LogP contribution in [0.25, 0.3) is 0 Å². The van der Waals surface area contributed by atoms with E-state index in [0.29, 0.717) is 11.3 Å². The number of likely N-dealkylation sites (N-methyl/N-ethyl adjacent to an activating group) is 1. The molecule has 0 saturated carbocycles. The van der Waals surface area contributed by atoms with Gasteiger partial charge in [-0.3, -0.25) is 4.90 Å². The zero-order valence-corrected chi connectivity index (χ0v) is 13.8. The second-order valence-corrected chi connectivity index (χ2v) is 6.81. The highest BCUT2D eigenvalue weighted by Crippen LogP contribution is 2.33. The van der Waals surface area contributed by atoms with Crippen molar-refractivity contribution in [2.24, 2.45) is 5.41 Å². The number of rotatable bonds is 3. The summed E-state index contributed by atoms with van der Waals surface area (Å²) in [5.74, 6) is 0.678. The van der Waals surface area contributed by atoms with Crippen molar-refractivity contribution in [2.45, 2.75) is 19.4 Å². The normalized spacial score (nSPS) is 27.7. The van der Waals surface area contributed by atoms with E-state index in [4.69, 9.17) is 9.47 Å². The molecule has 1 aromatic heterocycles. The maximum absolute atomic E-state index is 5.89. The van der Waals surface area contributed by atoms with Crippen molar-refractivity contribution in [3.8, 4) is 5.88 Å². The second kappa shape index (κ2) is 6.94. The highest BCUT2D eigenvalue weighted by molar-refractivity contribution is 5.17. The molecule has 2 saturated heterocycles. The number of nitrogens with zero attached hydrogens (tertiary/aromatic N) is 3. The number of pyridine rings is 1. The smallest absolute Gasteiger partial charge is 0.212 e. The van der Waals surface area contributed by atoms with E-state index < -0.39 is 0 Å². The number of hydrogen-bond acceptors (Lipinski definition) is 5. The van der Waals surface area contributed by atoms with Crippen LogP contribution in [0, 0.1) is 5.41 Å². The Labute approximate surface area is 133 Å². The number of ether oxygens (including phenoxy) is 2. The standard InChI is InChI=1S/C17H27N3O2/c1-19-8-9-22-14-17(12-19)6-3-7-20(13-17)11-15-4-5-16(21-2)18-10-15/h4-5,10H,3,6-9,11-14H2,1-2H3. The van der Waals surface area contributed by atoms with Crippen molar-refractivity contribution in [1.82, 2.24) is 14.8 Å². The van der Waals surface area contributed by atoms with E-state index in [0.717, 1.165) is 45.9 Å². The van der Waals surface area contributed by atoms with Crippen LogP contribution in [-0.4, -0.2) is 68.3 Å². The second-order valence-electron chi connectivity index (χ2n) is 6.81. The van der Waals surface area contributed by atoms with Crippen molar-refractivity contribution in [3.05, 3.63) is 23.9 Å². The Balaban J connectivity index is 1.64. The van der Waals surface area contributed by atoms with Crippen LogP contribution in [0.3, 0.4) is 0 Å². The van der Waals surface area contributed by atoms with Gasteiger partial charge in [-0.25, -0.2) is 4.98 Å². The third-order valence-corrected chi connectivity index (χ3v) is 4.78. The molecular weight excluding hydrogens is 278 g/mol. The summed E-state index contributed by atoms with van der Waals surface area (Å²) in [6, 6.07) is 4.06. The first-order chi connectivity index (χ1) is 10.7. The van der Waals surface area contributed by atoms with E-state index in [1.807, 2.05) is 12.3 Å². The number of aromatic nitrogens is 1. The molecule has 122 valence electrons. The lowest BCUT2D eigenvalue weighted by Gasteiger charge is -2.43. The Morgan fingerprint density at radius 3 is 3.00 bits per heavy atom. The summed E-state index contributed by atoms with van der Waals surface area (Å²) < 4.78 is 11.0. The molecule has 0 bridgehead atoms. The molecule has 2 aliphatic rings. The fourth-order valence-corrected chi connectivity index (χ4v) is 3.78. The molecule has 5 nitrogen and oxygen atoms in total. The Kier molecular flexibility index (Phi) is 4.96. The minimum atomic E-state index is 0.295. The van der Waals surface area contributed by atoms with Gasteiger partial charge in [0.1, 0.15) is 0 Å². The summed E-state index contributed by atoms with van der Waals surface area (Å²) in [7, 11) is 3.86. The summed E-state index contributed by atoms with van der Waals surface area (Å²) in [5.41, 5.74) is 1.55. The molecule has 22 heavy (non-hydrogen) atoms. The summed E-state index contributed by atoms with van der Waals surface area (Å²) in [6.07, 6.45) is 4.45. The van der Waals surface area contributed by atoms with Gasteiger partial charge in [-0.2, -0.15) is 0 Å². The average Bonchev–Trinajstić information content (AvgIpc) is 2.69. The third-order valence-electron chi connectivity index (χ3n) is 4.78. The van der Waals surface area contributed by atoms with Gasteiger partial charge in [0.2, 0.25) is 5.88 Å². The minimum absolute atomic E-state index is 0.295. The van der Waals surface area contributed by atoms with Crippen molar-refractivity contribution in [3.63, 3.8) is 0 Å². The Morgan fingerprint density at radius 1 is 1.32 bits per heavy atom. The molecule has 3 rings (SSSR count). The molecule has 0 radical (unpaired) electrons. The first-order valence-electron chi connectivity index (χ1n) is 8.17. The first kappa shape index (κ1) is 15.7. The highest BCUT2D eigenvalue weighted by atomic mass is 16.5. The summed E-state index contributed by atoms with van der Waals surface area (Å²) in [5, 5.41) is 0. The predicted molar refractivity (Wildman–Crippen MR) is 86.0 cm³/mol. The molecule has 2 aliphatic heterocycles. The molecule has 0 aromatic carbocycles. The van der Waals surface area contributed by atoms with Crippen LogP contribution in [0.5, 0.6) is 5.88 Å². The number of methoxy groups -OCH3 is 1. The van der Waals surface area contributed by atoms with E-state index in [1.165, 1.54) is 18.4 Å². The molecule has 0 amide bonds. The molecule has 1 atom stereocenters. The van der Waals surface area contributed by atoms with Crippen LogP contribution in [0.4, 0.5) is 0 Å². The van der Waals surface area contributed by atoms with Gasteiger partial charge in [0, 0.05) is 43.9 Å². The Hall–Kier alpha value is -1.17. The van der Waals surface area contributed by atoms with Gasteiger partial charge in [0.05, 0.1) is 20.3 Å². The van der Waals surface area contributed by atoms with Crippen LogP contribution in [0.15, 0.2) is 18.3 Å². The number of piperidine rings is 1. The van der Waals surface area contributed by atoms with E-state index in [-0.39, 0.29) is 0 Å². The molecule has 1 spiro atoms. The molecule has 0 N–H and O–H groups in total. The average molecular weight is 305 g/mol. The van der Waals surface area contributed by atoms with Gasteiger partial charge in [0.15, 0.2) is 0 Å². The maximum Gasteiger partial charge on any atom is 0.212 e. The van der Waals surface area contributed by atoms with Crippen molar-refractivity contribution in [2.75, 3.05) is 53.6 Å².